The van der Waals surface area contributed by atoms with E-state index in [1.807, 2.05) is 19.1 Å². The van der Waals surface area contributed by atoms with Gasteiger partial charge < -0.3 is 0 Å². The quantitative estimate of drug-likeness (QED) is 0.594. The van der Waals surface area contributed by atoms with Crippen LogP contribution in [0.25, 0.3) is 10.1 Å². The van der Waals surface area contributed by atoms with Gasteiger partial charge in [0.15, 0.2) is 0 Å². The van der Waals surface area contributed by atoms with Crippen LogP contribution in [0, 0.1) is 0 Å². The number of carbonyl (C=O) groups is 1. The topological polar surface area (TPSA) is 54.4 Å². The molecule has 2 heterocycles. The summed E-state index contributed by atoms with van der Waals surface area (Å²) in [6, 6.07) is 13.6. The van der Waals surface area contributed by atoms with Gasteiger partial charge in [-0.2, -0.15) is 5.10 Å². The molecule has 104 valence electrons. The number of nitrogens with one attached hydrogen (secondary N) is 1. The number of amides is 1. The number of thiophene rings is 1. The van der Waals surface area contributed by atoms with E-state index in [9.17, 15) is 4.79 Å². The number of hydrazone groups is 1. The predicted octanol–water partition coefficient (Wildman–Crippen LogP) is 3.45. The summed E-state index contributed by atoms with van der Waals surface area (Å²) in [5.41, 5.74) is 3.90. The molecule has 0 saturated heterocycles. The number of hydrogen-bond acceptors (Lipinski definition) is 4. The predicted molar refractivity (Wildman–Crippen MR) is 85.7 cm³/mol. The molecule has 3 rings (SSSR count). The Hall–Kier alpha value is -2.53. The molecular weight excluding hydrogens is 282 g/mol. The normalized spacial score (nSPS) is 11.6. The lowest BCUT2D eigenvalue weighted by molar-refractivity contribution is 0.0954. The van der Waals surface area contributed by atoms with Crippen LogP contribution in [0.5, 0.6) is 0 Å². The van der Waals surface area contributed by atoms with Gasteiger partial charge in [-0.25, -0.2) is 5.43 Å². The molecule has 21 heavy (non-hydrogen) atoms. The summed E-state index contributed by atoms with van der Waals surface area (Å²) in [4.78, 5) is 16.8. The van der Waals surface area contributed by atoms with Crippen molar-refractivity contribution in [2.75, 3.05) is 0 Å². The number of hydrogen-bond donors (Lipinski definition) is 1. The molecule has 0 aliphatic rings. The molecule has 1 aromatic carbocycles. The van der Waals surface area contributed by atoms with Gasteiger partial charge in [0.05, 0.1) is 10.6 Å². The van der Waals surface area contributed by atoms with Gasteiger partial charge in [0.2, 0.25) is 0 Å². The fourth-order valence-electron chi connectivity index (χ4n) is 1.92. The molecule has 0 saturated carbocycles. The van der Waals surface area contributed by atoms with Crippen molar-refractivity contribution in [2.24, 2.45) is 5.10 Å². The van der Waals surface area contributed by atoms with E-state index in [-0.39, 0.29) is 5.91 Å². The molecule has 0 atom stereocenters. The van der Waals surface area contributed by atoms with E-state index in [0.29, 0.717) is 5.56 Å². The van der Waals surface area contributed by atoms with Crippen LogP contribution in [-0.4, -0.2) is 16.6 Å². The Kier molecular flexibility index (Phi) is 3.75. The van der Waals surface area contributed by atoms with Crippen molar-refractivity contribution < 1.29 is 4.79 Å². The fourth-order valence-corrected chi connectivity index (χ4v) is 2.93. The number of aromatic nitrogens is 1. The minimum atomic E-state index is -0.238. The molecule has 2 aromatic heterocycles. The standard InChI is InChI=1S/C16H13N3OS/c1-11(15-10-13-4-2-3-5-14(13)21-15)18-19-16(20)12-6-8-17-9-7-12/h2-10H,1H3,(H,19,20)/b18-11+. The van der Waals surface area contributed by atoms with Crippen LogP contribution in [0.1, 0.15) is 22.2 Å². The van der Waals surface area contributed by atoms with Gasteiger partial charge in [-0.1, -0.05) is 18.2 Å². The molecule has 3 aromatic rings. The smallest absolute Gasteiger partial charge is 0.267 e. The van der Waals surface area contributed by atoms with Gasteiger partial charge in [0.1, 0.15) is 0 Å². The summed E-state index contributed by atoms with van der Waals surface area (Å²) in [5.74, 6) is -0.238. The maximum absolute atomic E-state index is 11.9. The van der Waals surface area contributed by atoms with Gasteiger partial charge in [0.25, 0.3) is 5.91 Å². The molecule has 5 heteroatoms. The van der Waals surface area contributed by atoms with E-state index < -0.39 is 0 Å². The molecule has 0 aliphatic heterocycles. The first kappa shape index (κ1) is 13.5. The highest BCUT2D eigenvalue weighted by molar-refractivity contribution is 7.20. The largest absolute Gasteiger partial charge is 0.271 e. The number of rotatable bonds is 3. The van der Waals surface area contributed by atoms with Crippen LogP contribution in [0.15, 0.2) is 60.0 Å². The Bertz CT molecular complexity index is 776. The molecule has 4 nitrogen and oxygen atoms in total. The third kappa shape index (κ3) is 2.98. The Morgan fingerprint density at radius 1 is 1.19 bits per heavy atom. The minimum Gasteiger partial charge on any atom is -0.267 e. The number of fused-ring (bicyclic) bond motifs is 1. The van der Waals surface area contributed by atoms with E-state index in [2.05, 4.69) is 33.7 Å². The second-order valence-electron chi connectivity index (χ2n) is 4.52. The SMILES string of the molecule is C/C(=N\NC(=O)c1ccncc1)c1cc2ccccc2s1. The zero-order valence-electron chi connectivity index (χ0n) is 11.4. The Morgan fingerprint density at radius 3 is 2.71 bits per heavy atom. The highest BCUT2D eigenvalue weighted by Crippen LogP contribution is 2.25. The number of benzene rings is 1. The molecular formula is C16H13N3OS. The summed E-state index contributed by atoms with van der Waals surface area (Å²) >= 11 is 1.66. The maximum atomic E-state index is 11.9. The summed E-state index contributed by atoms with van der Waals surface area (Å²) in [6.07, 6.45) is 3.16. The number of pyridine rings is 1. The minimum absolute atomic E-state index is 0.238. The van der Waals surface area contributed by atoms with Crippen LogP contribution in [0.4, 0.5) is 0 Å². The monoisotopic (exact) mass is 295 g/mol. The molecule has 1 amide bonds. The summed E-state index contributed by atoms with van der Waals surface area (Å²) in [7, 11) is 0. The van der Waals surface area contributed by atoms with E-state index >= 15 is 0 Å². The summed E-state index contributed by atoms with van der Waals surface area (Å²) in [5, 5.41) is 5.36. The Labute approximate surface area is 126 Å². The van der Waals surface area contributed by atoms with Gasteiger partial charge in [-0.3, -0.25) is 9.78 Å². The first-order valence-corrected chi connectivity index (χ1v) is 7.29. The second-order valence-corrected chi connectivity index (χ2v) is 5.61. The molecule has 0 fully saturated rings. The lowest BCUT2D eigenvalue weighted by Gasteiger charge is -2.00. The van der Waals surface area contributed by atoms with Crippen molar-refractivity contribution in [1.29, 1.82) is 0 Å². The lowest BCUT2D eigenvalue weighted by atomic mass is 10.2. The van der Waals surface area contributed by atoms with Crippen molar-refractivity contribution in [2.45, 2.75) is 6.92 Å². The molecule has 0 spiro atoms. The molecule has 0 unspecified atom stereocenters. The van der Waals surface area contributed by atoms with Gasteiger partial charge in [0, 0.05) is 22.7 Å². The van der Waals surface area contributed by atoms with Crippen LogP contribution in [0.3, 0.4) is 0 Å². The molecule has 0 bridgehead atoms. The van der Waals surface area contributed by atoms with Crippen LogP contribution in [-0.2, 0) is 0 Å². The molecule has 0 radical (unpaired) electrons. The number of carbonyl (C=O) groups excluding carboxylic acids is 1. The van der Waals surface area contributed by atoms with Gasteiger partial charge >= 0.3 is 0 Å². The average Bonchev–Trinajstić information content (AvgIpc) is 2.97. The first-order chi connectivity index (χ1) is 10.2. The summed E-state index contributed by atoms with van der Waals surface area (Å²) in [6.45, 7) is 1.89. The number of nitrogens with zero attached hydrogens (tertiary/aromatic N) is 2. The van der Waals surface area contributed by atoms with Gasteiger partial charge in [-0.15, -0.1) is 11.3 Å². The van der Waals surface area contributed by atoms with Crippen molar-refractivity contribution in [3.8, 4) is 0 Å². The maximum Gasteiger partial charge on any atom is 0.271 e. The van der Waals surface area contributed by atoms with Gasteiger partial charge in [-0.05, 0) is 36.6 Å². The highest BCUT2D eigenvalue weighted by Gasteiger charge is 2.06. The zero-order chi connectivity index (χ0) is 14.7. The third-order valence-corrected chi connectivity index (χ3v) is 4.27. The first-order valence-electron chi connectivity index (χ1n) is 6.47. The zero-order valence-corrected chi connectivity index (χ0v) is 12.2. The van der Waals surface area contributed by atoms with Crippen molar-refractivity contribution in [1.82, 2.24) is 10.4 Å². The van der Waals surface area contributed by atoms with Crippen LogP contribution >= 0.6 is 11.3 Å². The van der Waals surface area contributed by atoms with Crippen LogP contribution < -0.4 is 5.43 Å². The van der Waals surface area contributed by atoms with E-state index in [1.165, 1.54) is 10.1 Å². The van der Waals surface area contributed by atoms with Crippen molar-refractivity contribution >= 4 is 33.0 Å². The third-order valence-electron chi connectivity index (χ3n) is 3.05. The fraction of sp³-hybridized carbons (Fsp3) is 0.0625. The van der Waals surface area contributed by atoms with Crippen LogP contribution in [0.2, 0.25) is 0 Å². The summed E-state index contributed by atoms with van der Waals surface area (Å²) < 4.78 is 1.21. The average molecular weight is 295 g/mol. The van der Waals surface area contributed by atoms with E-state index in [1.54, 1.807) is 35.9 Å². The lowest BCUT2D eigenvalue weighted by Crippen LogP contribution is -2.19. The highest BCUT2D eigenvalue weighted by atomic mass is 32.1. The van der Waals surface area contributed by atoms with Crippen molar-refractivity contribution in [3.63, 3.8) is 0 Å². The van der Waals surface area contributed by atoms with Crippen molar-refractivity contribution in [3.05, 3.63) is 65.3 Å². The Balaban J connectivity index is 1.78. The molecule has 1 N–H and O–H groups in total. The second kappa shape index (κ2) is 5.85. The Morgan fingerprint density at radius 2 is 1.95 bits per heavy atom. The van der Waals surface area contributed by atoms with E-state index in [4.69, 9.17) is 0 Å². The van der Waals surface area contributed by atoms with E-state index in [0.717, 1.165) is 10.6 Å². The molecule has 0 aliphatic carbocycles.